The summed E-state index contributed by atoms with van der Waals surface area (Å²) in [6, 6.07) is 0. The molecular weight excluding hydrogens is 142 g/mol. The third-order valence-electron chi connectivity index (χ3n) is 1.78. The third-order valence-corrected chi connectivity index (χ3v) is 1.78. The van der Waals surface area contributed by atoms with E-state index in [0.717, 1.165) is 6.54 Å². The first-order chi connectivity index (χ1) is 5.09. The first-order valence-corrected chi connectivity index (χ1v) is 4.05. The number of rotatable bonds is 2. The van der Waals surface area contributed by atoms with Crippen molar-refractivity contribution in [2.24, 2.45) is 5.92 Å². The summed E-state index contributed by atoms with van der Waals surface area (Å²) in [6.45, 7) is 5.43. The molecule has 0 aromatic carbocycles. The molecule has 0 aliphatic carbocycles. The third kappa shape index (κ3) is 2.19. The van der Waals surface area contributed by atoms with Crippen molar-refractivity contribution < 1.29 is 9.90 Å². The molecular formula is C8H15NO2. The Morgan fingerprint density at radius 1 is 1.73 bits per heavy atom. The largest absolute Gasteiger partial charge is 0.391 e. The van der Waals surface area contributed by atoms with Crippen LogP contribution in [0.2, 0.25) is 0 Å². The second-order valence-corrected chi connectivity index (χ2v) is 3.55. The summed E-state index contributed by atoms with van der Waals surface area (Å²) in [5.74, 6) is 0.579. The van der Waals surface area contributed by atoms with Gasteiger partial charge >= 0.3 is 0 Å². The van der Waals surface area contributed by atoms with Gasteiger partial charge in [-0.3, -0.25) is 4.79 Å². The summed E-state index contributed by atoms with van der Waals surface area (Å²) in [5.41, 5.74) is 0. The normalized spacial score (nSPS) is 25.3. The number of β-amino-alcohol motifs (C(OH)–C–C–N with tert-alkyl or cyclic N) is 1. The van der Waals surface area contributed by atoms with Gasteiger partial charge in [0, 0.05) is 13.1 Å². The molecule has 1 N–H and O–H groups in total. The number of carbonyl (C=O) groups is 1. The Hall–Kier alpha value is -0.570. The van der Waals surface area contributed by atoms with E-state index < -0.39 is 6.10 Å². The lowest BCUT2D eigenvalue weighted by molar-refractivity contribution is -0.128. The molecule has 1 fully saturated rings. The van der Waals surface area contributed by atoms with E-state index in [1.165, 1.54) is 0 Å². The Kier molecular flexibility index (Phi) is 2.49. The van der Waals surface area contributed by atoms with Crippen LogP contribution in [0.15, 0.2) is 0 Å². The first kappa shape index (κ1) is 8.53. The van der Waals surface area contributed by atoms with Crippen molar-refractivity contribution in [1.29, 1.82) is 0 Å². The molecule has 0 aromatic rings. The SMILES string of the molecule is CC(C)CN1CC(O)CC1=O. The van der Waals surface area contributed by atoms with Crippen LogP contribution in [0.1, 0.15) is 20.3 Å². The molecule has 1 rings (SSSR count). The lowest BCUT2D eigenvalue weighted by Gasteiger charge is -2.17. The Morgan fingerprint density at radius 3 is 2.73 bits per heavy atom. The highest BCUT2D eigenvalue weighted by Gasteiger charge is 2.27. The van der Waals surface area contributed by atoms with Crippen molar-refractivity contribution in [2.45, 2.75) is 26.4 Å². The van der Waals surface area contributed by atoms with Crippen molar-refractivity contribution in [1.82, 2.24) is 4.90 Å². The zero-order chi connectivity index (χ0) is 8.43. The predicted molar refractivity (Wildman–Crippen MR) is 42.0 cm³/mol. The van der Waals surface area contributed by atoms with Crippen molar-refractivity contribution >= 4 is 5.91 Å². The molecule has 3 nitrogen and oxygen atoms in total. The van der Waals surface area contributed by atoms with E-state index >= 15 is 0 Å². The van der Waals surface area contributed by atoms with E-state index in [0.29, 0.717) is 18.9 Å². The van der Waals surface area contributed by atoms with Gasteiger partial charge in [0.05, 0.1) is 12.5 Å². The van der Waals surface area contributed by atoms with Gasteiger partial charge in [0.25, 0.3) is 0 Å². The van der Waals surface area contributed by atoms with E-state index in [4.69, 9.17) is 5.11 Å². The van der Waals surface area contributed by atoms with E-state index in [1.807, 2.05) is 0 Å². The molecule has 1 heterocycles. The fraction of sp³-hybridized carbons (Fsp3) is 0.875. The highest BCUT2D eigenvalue weighted by molar-refractivity contribution is 5.78. The standard InChI is InChI=1S/C8H15NO2/c1-6(2)4-9-5-7(10)3-8(9)11/h6-7,10H,3-5H2,1-2H3. The fourth-order valence-electron chi connectivity index (χ4n) is 1.37. The maximum Gasteiger partial charge on any atom is 0.225 e. The summed E-state index contributed by atoms with van der Waals surface area (Å²) in [5, 5.41) is 9.12. The molecule has 11 heavy (non-hydrogen) atoms. The van der Waals surface area contributed by atoms with Gasteiger partial charge in [-0.05, 0) is 5.92 Å². The van der Waals surface area contributed by atoms with E-state index in [-0.39, 0.29) is 5.91 Å². The summed E-state index contributed by atoms with van der Waals surface area (Å²) in [4.78, 5) is 12.8. The van der Waals surface area contributed by atoms with Gasteiger partial charge in [-0.15, -0.1) is 0 Å². The number of likely N-dealkylation sites (tertiary alicyclic amines) is 1. The monoisotopic (exact) mass is 157 g/mol. The van der Waals surface area contributed by atoms with Gasteiger partial charge in [0.1, 0.15) is 0 Å². The van der Waals surface area contributed by atoms with E-state index in [9.17, 15) is 4.79 Å². The number of amides is 1. The maximum atomic E-state index is 11.1. The van der Waals surface area contributed by atoms with Gasteiger partial charge < -0.3 is 10.0 Å². The highest BCUT2D eigenvalue weighted by Crippen LogP contribution is 2.12. The number of nitrogens with zero attached hydrogens (tertiary/aromatic N) is 1. The topological polar surface area (TPSA) is 40.5 Å². The average molecular weight is 157 g/mol. The highest BCUT2D eigenvalue weighted by atomic mass is 16.3. The van der Waals surface area contributed by atoms with Gasteiger partial charge in [-0.25, -0.2) is 0 Å². The summed E-state index contributed by atoms with van der Waals surface area (Å²) in [7, 11) is 0. The maximum absolute atomic E-state index is 11.1. The van der Waals surface area contributed by atoms with Crippen LogP contribution in [0.5, 0.6) is 0 Å². The zero-order valence-electron chi connectivity index (χ0n) is 7.08. The number of aliphatic hydroxyl groups excluding tert-OH is 1. The average Bonchev–Trinajstić information content (AvgIpc) is 2.09. The molecule has 0 spiro atoms. The minimum absolute atomic E-state index is 0.0891. The quantitative estimate of drug-likeness (QED) is 0.623. The van der Waals surface area contributed by atoms with Crippen molar-refractivity contribution in [2.75, 3.05) is 13.1 Å². The van der Waals surface area contributed by atoms with Gasteiger partial charge in [-0.1, -0.05) is 13.8 Å². The van der Waals surface area contributed by atoms with Gasteiger partial charge in [0.15, 0.2) is 0 Å². The van der Waals surface area contributed by atoms with E-state index in [2.05, 4.69) is 13.8 Å². The van der Waals surface area contributed by atoms with Crippen molar-refractivity contribution in [3.8, 4) is 0 Å². The molecule has 1 saturated heterocycles. The molecule has 1 aliphatic heterocycles. The number of aliphatic hydroxyl groups is 1. The first-order valence-electron chi connectivity index (χ1n) is 4.05. The number of carbonyl (C=O) groups excluding carboxylic acids is 1. The Balaban J connectivity index is 2.41. The van der Waals surface area contributed by atoms with Crippen molar-refractivity contribution in [3.63, 3.8) is 0 Å². The molecule has 0 aromatic heterocycles. The van der Waals surface area contributed by atoms with Crippen LogP contribution in [-0.2, 0) is 4.79 Å². The Bertz CT molecular complexity index is 156. The molecule has 64 valence electrons. The summed E-state index contributed by atoms with van der Waals surface area (Å²) in [6.07, 6.45) is -0.117. The van der Waals surface area contributed by atoms with Gasteiger partial charge in [0.2, 0.25) is 5.91 Å². The van der Waals surface area contributed by atoms with Crippen LogP contribution in [-0.4, -0.2) is 35.1 Å². The molecule has 0 radical (unpaired) electrons. The second kappa shape index (κ2) is 3.22. The minimum Gasteiger partial charge on any atom is -0.391 e. The number of hydrogen-bond donors (Lipinski definition) is 1. The predicted octanol–water partition coefficient (Wildman–Crippen LogP) is 0.236. The van der Waals surface area contributed by atoms with Crippen LogP contribution >= 0.6 is 0 Å². The second-order valence-electron chi connectivity index (χ2n) is 3.55. The molecule has 3 heteroatoms. The lowest BCUT2D eigenvalue weighted by atomic mass is 10.2. The van der Waals surface area contributed by atoms with Crippen molar-refractivity contribution in [3.05, 3.63) is 0 Å². The Morgan fingerprint density at radius 2 is 2.36 bits per heavy atom. The Labute approximate surface area is 67.0 Å². The van der Waals surface area contributed by atoms with E-state index in [1.54, 1.807) is 4.90 Å². The molecule has 0 saturated carbocycles. The van der Waals surface area contributed by atoms with Crippen LogP contribution in [0.25, 0.3) is 0 Å². The summed E-state index contributed by atoms with van der Waals surface area (Å²) < 4.78 is 0. The molecule has 1 atom stereocenters. The summed E-state index contributed by atoms with van der Waals surface area (Å²) >= 11 is 0. The zero-order valence-corrected chi connectivity index (χ0v) is 7.08. The van der Waals surface area contributed by atoms with Crippen LogP contribution < -0.4 is 0 Å². The fourth-order valence-corrected chi connectivity index (χ4v) is 1.37. The van der Waals surface area contributed by atoms with Crippen LogP contribution in [0, 0.1) is 5.92 Å². The number of hydrogen-bond acceptors (Lipinski definition) is 2. The molecule has 1 unspecified atom stereocenters. The van der Waals surface area contributed by atoms with Crippen LogP contribution in [0.3, 0.4) is 0 Å². The smallest absolute Gasteiger partial charge is 0.225 e. The lowest BCUT2D eigenvalue weighted by Crippen LogP contribution is -2.29. The molecule has 0 bridgehead atoms. The molecule has 1 aliphatic rings. The van der Waals surface area contributed by atoms with Crippen LogP contribution in [0.4, 0.5) is 0 Å². The molecule has 1 amide bonds. The van der Waals surface area contributed by atoms with Gasteiger partial charge in [-0.2, -0.15) is 0 Å². The minimum atomic E-state index is -0.429.